The van der Waals surface area contributed by atoms with Gasteiger partial charge in [0.25, 0.3) is 0 Å². The second-order valence-corrected chi connectivity index (χ2v) is 5.27. The predicted molar refractivity (Wildman–Crippen MR) is 69.1 cm³/mol. The van der Waals surface area contributed by atoms with Crippen molar-refractivity contribution < 1.29 is 9.09 Å². The molecule has 0 amide bonds. The average molecular weight is 258 g/mol. The Hall–Kier alpha value is -0.240. The largest absolute Gasteiger partial charge is 0.328 e. The van der Waals surface area contributed by atoms with Gasteiger partial charge >= 0.3 is 8.69 Å². The highest BCUT2D eigenvalue weighted by Gasteiger charge is 2.33. The third-order valence-electron chi connectivity index (χ3n) is 2.77. The minimum absolute atomic E-state index is 0.211. The van der Waals surface area contributed by atoms with Crippen molar-refractivity contribution >= 4 is 20.0 Å². The molecule has 1 rings (SSSR count). The molecule has 0 saturated heterocycles. The van der Waals surface area contributed by atoms with Crippen LogP contribution >= 0.6 is 20.0 Å². The highest BCUT2D eigenvalue weighted by Crippen LogP contribution is 2.41. The van der Waals surface area contributed by atoms with Crippen LogP contribution < -0.4 is 0 Å². The Labute approximate surface area is 103 Å². The van der Waals surface area contributed by atoms with Crippen LogP contribution in [0.15, 0.2) is 17.5 Å². The molecule has 90 valence electrons. The number of rotatable bonds is 8. The molecule has 0 fully saturated rings. The summed E-state index contributed by atoms with van der Waals surface area (Å²) in [6.07, 6.45) is 5.16. The first-order chi connectivity index (χ1) is 7.79. The number of hydrogen-bond donors (Lipinski definition) is 0. The summed E-state index contributed by atoms with van der Waals surface area (Å²) < 4.78 is 16.4. The van der Waals surface area contributed by atoms with Crippen molar-refractivity contribution in [3.63, 3.8) is 0 Å². The molecule has 0 aromatic carbocycles. The van der Waals surface area contributed by atoms with E-state index in [9.17, 15) is 4.57 Å². The molecule has 16 heavy (non-hydrogen) atoms. The molecule has 0 spiro atoms. The van der Waals surface area contributed by atoms with Crippen LogP contribution in [-0.2, 0) is 14.7 Å². The van der Waals surface area contributed by atoms with E-state index >= 15 is 0 Å². The van der Waals surface area contributed by atoms with Gasteiger partial charge in [0.15, 0.2) is 0 Å². The minimum atomic E-state index is -0.331. The molecule has 1 atom stereocenters. The SMILES string of the molecule is CCCCC(CCC)(OP=O)c1cccs1. The van der Waals surface area contributed by atoms with E-state index in [0.29, 0.717) is 0 Å². The minimum Gasteiger partial charge on any atom is -0.282 e. The third-order valence-corrected chi connectivity index (χ3v) is 4.25. The zero-order chi connectivity index (χ0) is 11.9. The van der Waals surface area contributed by atoms with E-state index in [0.717, 1.165) is 32.1 Å². The maximum absolute atomic E-state index is 10.8. The van der Waals surface area contributed by atoms with Gasteiger partial charge in [-0.15, -0.1) is 11.3 Å². The van der Waals surface area contributed by atoms with Crippen molar-refractivity contribution in [2.45, 2.75) is 51.6 Å². The summed E-state index contributed by atoms with van der Waals surface area (Å²) >= 11 is 1.69. The van der Waals surface area contributed by atoms with E-state index in [1.807, 2.05) is 6.07 Å². The van der Waals surface area contributed by atoms with Crippen molar-refractivity contribution in [2.75, 3.05) is 0 Å². The summed E-state index contributed by atoms with van der Waals surface area (Å²) in [5, 5.41) is 2.05. The van der Waals surface area contributed by atoms with Gasteiger partial charge < -0.3 is 0 Å². The molecule has 0 bridgehead atoms. The average Bonchev–Trinajstić information content (AvgIpc) is 2.80. The monoisotopic (exact) mass is 258 g/mol. The highest BCUT2D eigenvalue weighted by atomic mass is 32.1. The van der Waals surface area contributed by atoms with Crippen molar-refractivity contribution in [3.05, 3.63) is 22.4 Å². The van der Waals surface area contributed by atoms with Crippen molar-refractivity contribution in [2.24, 2.45) is 0 Å². The lowest BCUT2D eigenvalue weighted by Crippen LogP contribution is -2.25. The molecule has 0 aliphatic heterocycles. The zero-order valence-corrected chi connectivity index (χ0v) is 11.7. The van der Waals surface area contributed by atoms with Crippen LogP contribution in [0.1, 0.15) is 50.8 Å². The van der Waals surface area contributed by atoms with Gasteiger partial charge in [0.1, 0.15) is 5.60 Å². The number of thiophene rings is 1. The van der Waals surface area contributed by atoms with E-state index in [2.05, 4.69) is 25.3 Å². The Balaban J connectivity index is 2.90. The summed E-state index contributed by atoms with van der Waals surface area (Å²) in [6.45, 7) is 4.30. The molecule has 0 radical (unpaired) electrons. The number of hydrogen-bond acceptors (Lipinski definition) is 3. The second-order valence-electron chi connectivity index (χ2n) is 3.99. The lowest BCUT2D eigenvalue weighted by Gasteiger charge is -2.29. The van der Waals surface area contributed by atoms with Crippen LogP contribution in [0.4, 0.5) is 0 Å². The molecule has 0 aliphatic rings. The Morgan fingerprint density at radius 2 is 2.19 bits per heavy atom. The normalized spacial score (nSPS) is 15.1. The smallest absolute Gasteiger partial charge is 0.282 e. The van der Waals surface area contributed by atoms with E-state index in [-0.39, 0.29) is 14.3 Å². The molecular formula is C12H19O2PS. The van der Waals surface area contributed by atoms with E-state index in [4.69, 9.17) is 4.52 Å². The van der Waals surface area contributed by atoms with Gasteiger partial charge in [0.2, 0.25) is 0 Å². The van der Waals surface area contributed by atoms with Gasteiger partial charge in [-0.05, 0) is 24.3 Å². The van der Waals surface area contributed by atoms with E-state index in [1.54, 1.807) is 11.3 Å². The van der Waals surface area contributed by atoms with Gasteiger partial charge in [-0.2, -0.15) is 0 Å². The van der Waals surface area contributed by atoms with Gasteiger partial charge in [0.05, 0.1) is 0 Å². The summed E-state index contributed by atoms with van der Waals surface area (Å²) in [7, 11) is -0.211. The fourth-order valence-corrected chi connectivity index (χ4v) is 3.39. The second kappa shape index (κ2) is 7.16. The quantitative estimate of drug-likeness (QED) is 0.602. The first-order valence-corrected chi connectivity index (χ1v) is 7.45. The number of unbranched alkanes of at least 4 members (excludes halogenated alkanes) is 1. The molecule has 0 saturated carbocycles. The van der Waals surface area contributed by atoms with Crippen LogP contribution in [0.25, 0.3) is 0 Å². The Bertz CT molecular complexity index is 300. The highest BCUT2D eigenvalue weighted by molar-refractivity contribution is 7.17. The summed E-state index contributed by atoms with van der Waals surface area (Å²) in [5.41, 5.74) is -0.331. The molecule has 1 heterocycles. The Morgan fingerprint density at radius 3 is 2.69 bits per heavy atom. The van der Waals surface area contributed by atoms with Crippen LogP contribution in [0.2, 0.25) is 0 Å². The Kier molecular flexibility index (Phi) is 6.18. The van der Waals surface area contributed by atoms with Gasteiger partial charge in [-0.3, -0.25) is 4.52 Å². The fourth-order valence-electron chi connectivity index (χ4n) is 1.98. The first kappa shape index (κ1) is 13.8. The Morgan fingerprint density at radius 1 is 1.38 bits per heavy atom. The third kappa shape index (κ3) is 3.38. The molecular weight excluding hydrogens is 239 g/mol. The molecule has 1 aromatic rings. The topological polar surface area (TPSA) is 26.3 Å². The van der Waals surface area contributed by atoms with E-state index in [1.165, 1.54) is 4.88 Å². The van der Waals surface area contributed by atoms with Gasteiger partial charge in [-0.1, -0.05) is 39.2 Å². The van der Waals surface area contributed by atoms with Crippen LogP contribution in [0.3, 0.4) is 0 Å². The van der Waals surface area contributed by atoms with Crippen molar-refractivity contribution in [1.29, 1.82) is 0 Å². The lowest BCUT2D eigenvalue weighted by molar-refractivity contribution is 0.0624. The maximum Gasteiger partial charge on any atom is 0.328 e. The van der Waals surface area contributed by atoms with E-state index < -0.39 is 0 Å². The first-order valence-electron chi connectivity index (χ1n) is 5.84. The molecule has 1 unspecified atom stereocenters. The maximum atomic E-state index is 10.8. The van der Waals surface area contributed by atoms with Gasteiger partial charge in [-0.25, -0.2) is 4.57 Å². The van der Waals surface area contributed by atoms with Crippen molar-refractivity contribution in [3.8, 4) is 0 Å². The predicted octanol–water partition coefficient (Wildman–Crippen LogP) is 5.16. The van der Waals surface area contributed by atoms with Gasteiger partial charge in [0, 0.05) is 4.88 Å². The fraction of sp³-hybridized carbons (Fsp3) is 0.667. The summed E-state index contributed by atoms with van der Waals surface area (Å²) in [6, 6.07) is 4.11. The van der Waals surface area contributed by atoms with Crippen molar-refractivity contribution in [1.82, 2.24) is 0 Å². The molecule has 4 heteroatoms. The summed E-state index contributed by atoms with van der Waals surface area (Å²) in [4.78, 5) is 1.20. The molecule has 0 N–H and O–H groups in total. The van der Waals surface area contributed by atoms with Crippen LogP contribution in [0, 0.1) is 0 Å². The lowest BCUT2D eigenvalue weighted by atomic mass is 9.90. The molecule has 1 aromatic heterocycles. The molecule has 2 nitrogen and oxygen atoms in total. The van der Waals surface area contributed by atoms with Crippen LogP contribution in [-0.4, -0.2) is 0 Å². The zero-order valence-electron chi connectivity index (χ0n) is 9.94. The molecule has 0 aliphatic carbocycles. The van der Waals surface area contributed by atoms with Crippen LogP contribution in [0.5, 0.6) is 0 Å². The standard InChI is InChI=1S/C12H19O2PS/c1-3-5-9-12(8-4-2,14-15-13)11-7-6-10-16-11/h6-7,10H,3-5,8-9H2,1-2H3. The summed E-state index contributed by atoms with van der Waals surface area (Å²) in [5.74, 6) is 0.